The Morgan fingerprint density at radius 3 is 2.86 bits per heavy atom. The number of rotatable bonds is 0. The Balaban J connectivity index is 2.25. The van der Waals surface area contributed by atoms with Crippen molar-refractivity contribution in [2.75, 3.05) is 12.3 Å². The topological polar surface area (TPSA) is 41.1 Å². The highest BCUT2D eigenvalue weighted by molar-refractivity contribution is 8.13. The molecule has 0 radical (unpaired) electrons. The van der Waals surface area contributed by atoms with Gasteiger partial charge in [-0.15, -0.1) is 0 Å². The summed E-state index contributed by atoms with van der Waals surface area (Å²) in [6.45, 7) is 0.871. The van der Waals surface area contributed by atoms with Gasteiger partial charge in [0.05, 0.1) is 0 Å². The summed E-state index contributed by atoms with van der Waals surface area (Å²) in [4.78, 5) is 10.3. The van der Waals surface area contributed by atoms with Crippen LogP contribution in [0.4, 0.5) is 4.79 Å². The Morgan fingerprint density at radius 2 is 2.57 bits per heavy atom. The van der Waals surface area contributed by atoms with Crippen molar-refractivity contribution < 1.29 is 4.79 Å². The molecule has 0 aliphatic carbocycles. The van der Waals surface area contributed by atoms with Crippen molar-refractivity contribution in [3.63, 3.8) is 0 Å². The van der Waals surface area contributed by atoms with Crippen molar-refractivity contribution in [3.8, 4) is 0 Å². The van der Waals surface area contributed by atoms with Crippen molar-refractivity contribution >= 4 is 17.0 Å². The molecule has 0 spiro atoms. The molecule has 4 heteroatoms. The Kier molecular flexibility index (Phi) is 1.54. The summed E-state index contributed by atoms with van der Waals surface area (Å²) in [6.07, 6.45) is 0. The lowest BCUT2D eigenvalue weighted by Gasteiger charge is -2.10. The molecular weight excluding hydrogens is 112 g/mol. The van der Waals surface area contributed by atoms with E-state index in [9.17, 15) is 4.79 Å². The van der Waals surface area contributed by atoms with Crippen LogP contribution < -0.4 is 10.9 Å². The van der Waals surface area contributed by atoms with Crippen molar-refractivity contribution in [2.45, 2.75) is 0 Å². The maximum absolute atomic E-state index is 10.3. The first-order valence-electron chi connectivity index (χ1n) is 2.05. The first-order valence-corrected chi connectivity index (χ1v) is 3.04. The first-order chi connectivity index (χ1) is 3.39. The maximum Gasteiger partial charge on any atom is 0.293 e. The van der Waals surface area contributed by atoms with Gasteiger partial charge in [-0.3, -0.25) is 10.2 Å². The van der Waals surface area contributed by atoms with E-state index in [-0.39, 0.29) is 5.24 Å². The normalized spacial score (nSPS) is 21.4. The molecule has 0 aromatic carbocycles. The highest BCUT2D eigenvalue weighted by Crippen LogP contribution is 2.00. The summed E-state index contributed by atoms with van der Waals surface area (Å²) in [5.74, 6) is 0.881. The Bertz CT molecular complexity index is 77.0. The standard InChI is InChI=1S/C3H6N2OS/c6-3-5-4-1-2-7-3/h4H,1-2H2,(H,5,6). The van der Waals surface area contributed by atoms with E-state index in [1.54, 1.807) is 0 Å². The number of hydrogen-bond donors (Lipinski definition) is 2. The summed E-state index contributed by atoms with van der Waals surface area (Å²) in [5, 5.41) is 0.0197. The monoisotopic (exact) mass is 118 g/mol. The molecule has 1 aliphatic heterocycles. The Morgan fingerprint density at radius 1 is 1.71 bits per heavy atom. The van der Waals surface area contributed by atoms with Gasteiger partial charge in [-0.25, -0.2) is 5.43 Å². The highest BCUT2D eigenvalue weighted by atomic mass is 32.2. The lowest BCUT2D eigenvalue weighted by Crippen LogP contribution is -2.40. The van der Waals surface area contributed by atoms with E-state index in [1.165, 1.54) is 11.8 Å². The summed E-state index contributed by atoms with van der Waals surface area (Å²) >= 11 is 1.31. The Hall–Kier alpha value is -0.220. The SMILES string of the molecule is O=C1NNCCS1. The smallest absolute Gasteiger partial charge is 0.282 e. The lowest BCUT2D eigenvalue weighted by atomic mass is 10.8. The zero-order valence-electron chi connectivity index (χ0n) is 3.73. The molecule has 0 saturated carbocycles. The largest absolute Gasteiger partial charge is 0.293 e. The summed E-state index contributed by atoms with van der Waals surface area (Å²) in [5.41, 5.74) is 5.17. The minimum atomic E-state index is 0.0197. The van der Waals surface area contributed by atoms with Crippen LogP contribution in [0, 0.1) is 0 Å². The Labute approximate surface area is 45.8 Å². The third-order valence-electron chi connectivity index (χ3n) is 0.651. The molecule has 1 aliphatic rings. The van der Waals surface area contributed by atoms with Gasteiger partial charge in [-0.2, -0.15) is 0 Å². The molecule has 7 heavy (non-hydrogen) atoms. The molecule has 1 saturated heterocycles. The molecule has 0 aromatic heterocycles. The third kappa shape index (κ3) is 1.36. The van der Waals surface area contributed by atoms with E-state index in [1.807, 2.05) is 0 Å². The number of carbonyl (C=O) groups excluding carboxylic acids is 1. The molecule has 1 fully saturated rings. The van der Waals surface area contributed by atoms with Crippen LogP contribution in [-0.4, -0.2) is 17.5 Å². The van der Waals surface area contributed by atoms with Gasteiger partial charge >= 0.3 is 0 Å². The predicted molar refractivity (Wildman–Crippen MR) is 29.0 cm³/mol. The summed E-state index contributed by atoms with van der Waals surface area (Å²) in [6, 6.07) is 0. The first kappa shape index (κ1) is 4.93. The molecule has 3 nitrogen and oxygen atoms in total. The van der Waals surface area contributed by atoms with Gasteiger partial charge in [0.15, 0.2) is 0 Å². The van der Waals surface area contributed by atoms with Gasteiger partial charge in [0.25, 0.3) is 5.24 Å². The number of hydrogen-bond acceptors (Lipinski definition) is 3. The van der Waals surface area contributed by atoms with Gasteiger partial charge in [0, 0.05) is 12.3 Å². The molecule has 40 valence electrons. The average molecular weight is 118 g/mol. The van der Waals surface area contributed by atoms with Crippen LogP contribution in [0.2, 0.25) is 0 Å². The lowest BCUT2D eigenvalue weighted by molar-refractivity contribution is 0.256. The second kappa shape index (κ2) is 2.18. The molecular formula is C3H6N2OS. The number of amides is 1. The van der Waals surface area contributed by atoms with E-state index < -0.39 is 0 Å². The van der Waals surface area contributed by atoms with Gasteiger partial charge in [-0.1, -0.05) is 11.8 Å². The fourth-order valence-corrected chi connectivity index (χ4v) is 0.899. The van der Waals surface area contributed by atoms with Crippen molar-refractivity contribution in [3.05, 3.63) is 0 Å². The fraction of sp³-hybridized carbons (Fsp3) is 0.667. The average Bonchev–Trinajstić information content (AvgIpc) is 1.69. The highest BCUT2D eigenvalue weighted by Gasteiger charge is 2.04. The van der Waals surface area contributed by atoms with E-state index in [0.29, 0.717) is 0 Å². The van der Waals surface area contributed by atoms with E-state index in [0.717, 1.165) is 12.3 Å². The predicted octanol–water partition coefficient (Wildman–Crippen LogP) is -0.0526. The van der Waals surface area contributed by atoms with E-state index in [4.69, 9.17) is 0 Å². The molecule has 1 heterocycles. The molecule has 0 atom stereocenters. The number of nitrogens with one attached hydrogen (secondary N) is 2. The van der Waals surface area contributed by atoms with Crippen molar-refractivity contribution in [2.24, 2.45) is 0 Å². The molecule has 2 N–H and O–H groups in total. The van der Waals surface area contributed by atoms with E-state index in [2.05, 4.69) is 10.9 Å². The second-order valence-electron chi connectivity index (χ2n) is 1.19. The maximum atomic E-state index is 10.3. The number of carbonyl (C=O) groups is 1. The minimum absolute atomic E-state index is 0.0197. The van der Waals surface area contributed by atoms with Crippen LogP contribution in [0.5, 0.6) is 0 Å². The van der Waals surface area contributed by atoms with Gasteiger partial charge in [-0.05, 0) is 0 Å². The van der Waals surface area contributed by atoms with E-state index >= 15 is 0 Å². The van der Waals surface area contributed by atoms with Crippen LogP contribution in [0.3, 0.4) is 0 Å². The van der Waals surface area contributed by atoms with Crippen LogP contribution in [0.1, 0.15) is 0 Å². The minimum Gasteiger partial charge on any atom is -0.282 e. The molecule has 0 unspecified atom stereocenters. The summed E-state index contributed by atoms with van der Waals surface area (Å²) < 4.78 is 0. The van der Waals surface area contributed by atoms with Crippen LogP contribution in [0.25, 0.3) is 0 Å². The molecule has 0 bridgehead atoms. The molecule has 1 rings (SSSR count). The van der Waals surface area contributed by atoms with Crippen molar-refractivity contribution in [1.29, 1.82) is 0 Å². The zero-order chi connectivity index (χ0) is 5.11. The fourth-order valence-electron chi connectivity index (χ4n) is 0.366. The quantitative estimate of drug-likeness (QED) is 0.468. The number of thioether (sulfide) groups is 1. The van der Waals surface area contributed by atoms with Gasteiger partial charge in [0.1, 0.15) is 0 Å². The zero-order valence-corrected chi connectivity index (χ0v) is 4.55. The number of hydrazine groups is 1. The molecule has 1 amide bonds. The van der Waals surface area contributed by atoms with Gasteiger partial charge in [0.2, 0.25) is 0 Å². The summed E-state index contributed by atoms with van der Waals surface area (Å²) in [7, 11) is 0. The van der Waals surface area contributed by atoms with Crippen LogP contribution >= 0.6 is 11.8 Å². The van der Waals surface area contributed by atoms with Crippen LogP contribution in [0.15, 0.2) is 0 Å². The third-order valence-corrected chi connectivity index (χ3v) is 1.42. The molecule has 0 aromatic rings. The second-order valence-corrected chi connectivity index (χ2v) is 2.26. The van der Waals surface area contributed by atoms with Gasteiger partial charge < -0.3 is 0 Å². The van der Waals surface area contributed by atoms with Crippen molar-refractivity contribution in [1.82, 2.24) is 10.9 Å². The van der Waals surface area contributed by atoms with Crippen LogP contribution in [-0.2, 0) is 0 Å².